The van der Waals surface area contributed by atoms with Crippen LogP contribution in [0.3, 0.4) is 0 Å². The van der Waals surface area contributed by atoms with E-state index in [9.17, 15) is 9.59 Å². The Kier molecular flexibility index (Phi) is 9.21. The fraction of sp³-hybridized carbons (Fsp3) is 0.818. The number of rotatable bonds is 11. The maximum Gasteiger partial charge on any atom is 0.305 e. The van der Waals surface area contributed by atoms with E-state index in [1.165, 1.54) is 12.8 Å². The minimum Gasteiger partial charge on any atom is -0.494 e. The van der Waals surface area contributed by atoms with E-state index in [1.54, 1.807) is 0 Å². The summed E-state index contributed by atoms with van der Waals surface area (Å²) in [6, 6.07) is 0. The van der Waals surface area contributed by atoms with Gasteiger partial charge in [0.1, 0.15) is 11.9 Å². The number of esters is 1. The maximum absolute atomic E-state index is 12.4. The molecule has 1 heterocycles. The van der Waals surface area contributed by atoms with Gasteiger partial charge in [-0.15, -0.1) is 0 Å². The Hall–Kier alpha value is -1.32. The molecule has 3 unspecified atom stereocenters. The summed E-state index contributed by atoms with van der Waals surface area (Å²) in [5.41, 5.74) is 0. The predicted octanol–water partition coefficient (Wildman–Crippen LogP) is 5.35. The second-order valence-electron chi connectivity index (χ2n) is 7.71. The number of ketones is 1. The molecule has 2 aliphatic rings. The molecule has 0 aromatic carbocycles. The first-order valence-electron chi connectivity index (χ1n) is 10.7. The molecule has 1 aliphatic heterocycles. The molecule has 0 N–H and O–H groups in total. The van der Waals surface area contributed by atoms with Crippen LogP contribution in [0.5, 0.6) is 0 Å². The van der Waals surface area contributed by atoms with E-state index in [2.05, 4.69) is 13.0 Å². The molecule has 4 heteroatoms. The molecule has 2 rings (SSSR count). The van der Waals surface area contributed by atoms with Crippen molar-refractivity contribution in [3.63, 3.8) is 0 Å². The number of fused-ring (bicyclic) bond motifs is 1. The Bertz CT molecular complexity index is 483. The minimum atomic E-state index is -0.0940. The van der Waals surface area contributed by atoms with Gasteiger partial charge in [-0.25, -0.2) is 0 Å². The van der Waals surface area contributed by atoms with E-state index in [1.807, 2.05) is 6.92 Å². The van der Waals surface area contributed by atoms with Crippen LogP contribution in [0.25, 0.3) is 0 Å². The van der Waals surface area contributed by atoms with Crippen molar-refractivity contribution in [3.05, 3.63) is 11.8 Å². The minimum absolute atomic E-state index is 0.0940. The Morgan fingerprint density at radius 3 is 2.77 bits per heavy atom. The molecule has 4 nitrogen and oxygen atoms in total. The molecular weight excluding hydrogens is 328 g/mol. The summed E-state index contributed by atoms with van der Waals surface area (Å²) in [4.78, 5) is 23.7. The first kappa shape index (κ1) is 21.0. The van der Waals surface area contributed by atoms with Gasteiger partial charge in [0.15, 0.2) is 0 Å². The van der Waals surface area contributed by atoms with E-state index in [-0.39, 0.29) is 18.0 Å². The number of allylic oxidation sites excluding steroid dienone is 2. The average Bonchev–Trinajstić information content (AvgIpc) is 2.93. The lowest BCUT2D eigenvalue weighted by Crippen LogP contribution is -2.27. The molecular formula is C22H36O4. The van der Waals surface area contributed by atoms with Crippen LogP contribution in [0.1, 0.15) is 90.9 Å². The highest BCUT2D eigenvalue weighted by atomic mass is 16.5. The van der Waals surface area contributed by atoms with Crippen molar-refractivity contribution >= 4 is 11.8 Å². The standard InChI is InChI=1S/C22H36O4/c1-3-5-8-11-17-14-15-19-18(20(23)16-21(19)26-17)12-9-6-7-10-13-22(24)25-4-2/h11,18-19,21H,3-10,12-16H2,1-2H3. The highest BCUT2D eigenvalue weighted by Gasteiger charge is 2.45. The van der Waals surface area contributed by atoms with E-state index in [4.69, 9.17) is 9.47 Å². The fourth-order valence-corrected chi connectivity index (χ4v) is 4.29. The molecule has 0 spiro atoms. The van der Waals surface area contributed by atoms with Crippen LogP contribution >= 0.6 is 0 Å². The Morgan fingerprint density at radius 1 is 1.19 bits per heavy atom. The third kappa shape index (κ3) is 6.44. The monoisotopic (exact) mass is 364 g/mol. The van der Waals surface area contributed by atoms with Gasteiger partial charge in [-0.05, 0) is 45.1 Å². The topological polar surface area (TPSA) is 52.6 Å². The largest absolute Gasteiger partial charge is 0.494 e. The lowest BCUT2D eigenvalue weighted by molar-refractivity contribution is -0.143. The number of hydrogen-bond acceptors (Lipinski definition) is 4. The average molecular weight is 365 g/mol. The van der Waals surface area contributed by atoms with Crippen LogP contribution < -0.4 is 0 Å². The van der Waals surface area contributed by atoms with Crippen LogP contribution in [-0.4, -0.2) is 24.5 Å². The SMILES string of the molecule is CCCCC=C1CCC2C(CC(=O)C2CCCCCCC(=O)OCC)O1. The quantitative estimate of drug-likeness (QED) is 0.366. The van der Waals surface area contributed by atoms with Gasteiger partial charge in [0.2, 0.25) is 0 Å². The number of unbranched alkanes of at least 4 members (excludes halogenated alkanes) is 5. The first-order valence-corrected chi connectivity index (χ1v) is 10.7. The molecule has 0 bridgehead atoms. The molecule has 2 fully saturated rings. The number of carbonyl (C=O) groups excluding carboxylic acids is 2. The fourth-order valence-electron chi connectivity index (χ4n) is 4.29. The number of Topliss-reactive ketones (excluding diaryl/α,β-unsaturated/α-hetero) is 1. The first-order chi connectivity index (χ1) is 12.7. The number of ether oxygens (including phenoxy) is 2. The van der Waals surface area contributed by atoms with Gasteiger partial charge in [0.25, 0.3) is 0 Å². The maximum atomic E-state index is 12.4. The van der Waals surface area contributed by atoms with Crippen molar-refractivity contribution < 1.29 is 19.1 Å². The van der Waals surface area contributed by atoms with Crippen molar-refractivity contribution in [1.29, 1.82) is 0 Å². The third-order valence-corrected chi connectivity index (χ3v) is 5.72. The molecule has 1 saturated heterocycles. The van der Waals surface area contributed by atoms with Crippen molar-refractivity contribution in [1.82, 2.24) is 0 Å². The van der Waals surface area contributed by atoms with Crippen LogP contribution in [0.4, 0.5) is 0 Å². The molecule has 0 amide bonds. The molecule has 1 aliphatic carbocycles. The van der Waals surface area contributed by atoms with E-state index < -0.39 is 0 Å². The summed E-state index contributed by atoms with van der Waals surface area (Å²) in [7, 11) is 0. The van der Waals surface area contributed by atoms with Crippen LogP contribution in [-0.2, 0) is 19.1 Å². The Labute approximate surface area is 158 Å². The van der Waals surface area contributed by atoms with Gasteiger partial charge in [-0.3, -0.25) is 9.59 Å². The number of hydrogen-bond donors (Lipinski definition) is 0. The van der Waals surface area contributed by atoms with Gasteiger partial charge < -0.3 is 9.47 Å². The second-order valence-corrected chi connectivity index (χ2v) is 7.71. The van der Waals surface area contributed by atoms with Crippen molar-refractivity contribution in [3.8, 4) is 0 Å². The molecule has 0 radical (unpaired) electrons. The van der Waals surface area contributed by atoms with Gasteiger partial charge in [-0.1, -0.05) is 32.6 Å². The zero-order valence-corrected chi connectivity index (χ0v) is 16.6. The smallest absolute Gasteiger partial charge is 0.305 e. The van der Waals surface area contributed by atoms with Crippen molar-refractivity contribution in [2.45, 2.75) is 97.0 Å². The van der Waals surface area contributed by atoms with Gasteiger partial charge in [0, 0.05) is 31.1 Å². The number of carbonyl (C=O) groups is 2. The van der Waals surface area contributed by atoms with Crippen molar-refractivity contribution in [2.24, 2.45) is 11.8 Å². The van der Waals surface area contributed by atoms with Crippen LogP contribution in [0.2, 0.25) is 0 Å². The summed E-state index contributed by atoms with van der Waals surface area (Å²) in [5, 5.41) is 0. The lowest BCUT2D eigenvalue weighted by Gasteiger charge is -2.31. The third-order valence-electron chi connectivity index (χ3n) is 5.72. The van der Waals surface area contributed by atoms with E-state index in [0.717, 1.165) is 57.1 Å². The molecule has 0 aromatic rings. The Balaban J connectivity index is 1.66. The van der Waals surface area contributed by atoms with Gasteiger partial charge in [-0.2, -0.15) is 0 Å². The van der Waals surface area contributed by atoms with Gasteiger partial charge >= 0.3 is 5.97 Å². The van der Waals surface area contributed by atoms with E-state index in [0.29, 0.717) is 31.1 Å². The second kappa shape index (κ2) is 11.4. The van der Waals surface area contributed by atoms with Crippen molar-refractivity contribution in [2.75, 3.05) is 6.61 Å². The molecule has 0 aromatic heterocycles. The lowest BCUT2D eigenvalue weighted by atomic mass is 9.84. The molecule has 1 saturated carbocycles. The normalized spacial score (nSPS) is 26.6. The van der Waals surface area contributed by atoms with Crippen LogP contribution in [0, 0.1) is 11.8 Å². The molecule has 26 heavy (non-hydrogen) atoms. The predicted molar refractivity (Wildman–Crippen MR) is 103 cm³/mol. The Morgan fingerprint density at radius 2 is 2.00 bits per heavy atom. The summed E-state index contributed by atoms with van der Waals surface area (Å²) >= 11 is 0. The van der Waals surface area contributed by atoms with Crippen LogP contribution in [0.15, 0.2) is 11.8 Å². The van der Waals surface area contributed by atoms with Gasteiger partial charge in [0.05, 0.1) is 12.4 Å². The molecule has 148 valence electrons. The zero-order valence-electron chi connectivity index (χ0n) is 16.6. The van der Waals surface area contributed by atoms with E-state index >= 15 is 0 Å². The molecule has 3 atom stereocenters. The highest BCUT2D eigenvalue weighted by molar-refractivity contribution is 5.84. The zero-order chi connectivity index (χ0) is 18.8. The summed E-state index contributed by atoms with van der Waals surface area (Å²) in [6.07, 6.45) is 14.1. The summed E-state index contributed by atoms with van der Waals surface area (Å²) in [5.74, 6) is 2.05. The highest BCUT2D eigenvalue weighted by Crippen LogP contribution is 2.43. The summed E-state index contributed by atoms with van der Waals surface area (Å²) in [6.45, 7) is 4.50. The summed E-state index contributed by atoms with van der Waals surface area (Å²) < 4.78 is 11.1.